The summed E-state index contributed by atoms with van der Waals surface area (Å²) in [6.45, 7) is 3.81. The van der Waals surface area contributed by atoms with Crippen molar-refractivity contribution in [3.63, 3.8) is 0 Å². The SMILES string of the molecule is CC1CC(Cl)(c2ccc3c(c2)CNCc2nncn2-3)CC=C1c1ccccc1. The zero-order valence-electron chi connectivity index (χ0n) is 15.9. The summed E-state index contributed by atoms with van der Waals surface area (Å²) >= 11 is 7.21. The zero-order valence-corrected chi connectivity index (χ0v) is 16.7. The van der Waals surface area contributed by atoms with E-state index in [0.29, 0.717) is 5.92 Å². The molecule has 1 aliphatic carbocycles. The number of allylic oxidation sites excluding steroid dienone is 2. The summed E-state index contributed by atoms with van der Waals surface area (Å²) in [6, 6.07) is 17.2. The highest BCUT2D eigenvalue weighted by molar-refractivity contribution is 6.24. The summed E-state index contributed by atoms with van der Waals surface area (Å²) in [4.78, 5) is -0.366. The lowest BCUT2D eigenvalue weighted by Gasteiger charge is -2.35. The van der Waals surface area contributed by atoms with Crippen LogP contribution in [0, 0.1) is 5.92 Å². The van der Waals surface area contributed by atoms with Crippen LogP contribution in [0.15, 0.2) is 60.9 Å². The molecule has 0 spiro atoms. The van der Waals surface area contributed by atoms with E-state index in [0.717, 1.165) is 37.4 Å². The Morgan fingerprint density at radius 3 is 2.82 bits per heavy atom. The Bertz CT molecular complexity index is 1040. The molecule has 2 unspecified atom stereocenters. The molecule has 5 rings (SSSR count). The van der Waals surface area contributed by atoms with Crippen LogP contribution in [-0.4, -0.2) is 14.8 Å². The van der Waals surface area contributed by atoms with Gasteiger partial charge in [0.1, 0.15) is 6.33 Å². The van der Waals surface area contributed by atoms with Crippen LogP contribution in [0.1, 0.15) is 42.3 Å². The predicted molar refractivity (Wildman–Crippen MR) is 112 cm³/mol. The van der Waals surface area contributed by atoms with Crippen molar-refractivity contribution >= 4 is 17.2 Å². The van der Waals surface area contributed by atoms with Crippen LogP contribution in [0.25, 0.3) is 11.3 Å². The third-order valence-electron chi connectivity index (χ3n) is 5.99. The topological polar surface area (TPSA) is 42.7 Å². The largest absolute Gasteiger partial charge is 0.306 e. The highest BCUT2D eigenvalue weighted by atomic mass is 35.5. The smallest absolute Gasteiger partial charge is 0.151 e. The minimum Gasteiger partial charge on any atom is -0.306 e. The molecule has 0 radical (unpaired) electrons. The van der Waals surface area contributed by atoms with Gasteiger partial charge in [0.2, 0.25) is 0 Å². The summed E-state index contributed by atoms with van der Waals surface area (Å²) in [5, 5.41) is 11.7. The molecule has 3 aromatic rings. The fourth-order valence-electron chi connectivity index (χ4n) is 4.55. The lowest BCUT2D eigenvalue weighted by molar-refractivity contribution is 0.475. The molecule has 2 aliphatic rings. The average Bonchev–Trinajstić information content (AvgIpc) is 3.10. The van der Waals surface area contributed by atoms with Gasteiger partial charge in [-0.25, -0.2) is 0 Å². The number of alkyl halides is 1. The monoisotopic (exact) mass is 390 g/mol. The first kappa shape index (κ1) is 17.7. The maximum atomic E-state index is 7.21. The second-order valence-corrected chi connectivity index (χ2v) is 8.59. The van der Waals surface area contributed by atoms with E-state index in [1.54, 1.807) is 6.33 Å². The Labute approximate surface area is 170 Å². The first-order valence-corrected chi connectivity index (χ1v) is 10.2. The molecule has 142 valence electrons. The van der Waals surface area contributed by atoms with Crippen LogP contribution in [-0.2, 0) is 18.0 Å². The number of fused-ring (bicyclic) bond motifs is 3. The van der Waals surface area contributed by atoms with E-state index in [2.05, 4.69) is 81.6 Å². The molecule has 2 heterocycles. The minimum atomic E-state index is -0.366. The Morgan fingerprint density at radius 1 is 1.14 bits per heavy atom. The third-order valence-corrected chi connectivity index (χ3v) is 6.51. The lowest BCUT2D eigenvalue weighted by Crippen LogP contribution is -2.26. The first-order valence-electron chi connectivity index (χ1n) is 9.82. The van der Waals surface area contributed by atoms with Gasteiger partial charge in [-0.1, -0.05) is 55.5 Å². The Hall–Kier alpha value is -2.43. The maximum absolute atomic E-state index is 7.21. The van der Waals surface area contributed by atoms with Crippen LogP contribution in [0.4, 0.5) is 0 Å². The number of aromatic nitrogens is 3. The third kappa shape index (κ3) is 2.97. The second-order valence-electron chi connectivity index (χ2n) is 7.86. The quantitative estimate of drug-likeness (QED) is 0.638. The van der Waals surface area contributed by atoms with Crippen molar-refractivity contribution in [2.24, 2.45) is 5.92 Å². The van der Waals surface area contributed by atoms with Gasteiger partial charge in [-0.15, -0.1) is 21.8 Å². The first-order chi connectivity index (χ1) is 13.6. The molecule has 28 heavy (non-hydrogen) atoms. The van der Waals surface area contributed by atoms with E-state index in [1.165, 1.54) is 22.3 Å². The summed E-state index contributed by atoms with van der Waals surface area (Å²) in [7, 11) is 0. The fraction of sp³-hybridized carbons (Fsp3) is 0.304. The summed E-state index contributed by atoms with van der Waals surface area (Å²) in [5.41, 5.74) is 6.28. The number of nitrogens with zero attached hydrogens (tertiary/aromatic N) is 3. The summed E-state index contributed by atoms with van der Waals surface area (Å²) < 4.78 is 2.07. The Morgan fingerprint density at radius 2 is 2.00 bits per heavy atom. The minimum absolute atomic E-state index is 0.366. The molecule has 1 N–H and O–H groups in total. The van der Waals surface area contributed by atoms with Crippen molar-refractivity contribution in [3.05, 3.63) is 83.4 Å². The van der Waals surface area contributed by atoms with E-state index in [9.17, 15) is 0 Å². The molecule has 2 atom stereocenters. The lowest BCUT2D eigenvalue weighted by atomic mass is 9.76. The van der Waals surface area contributed by atoms with Gasteiger partial charge in [0.15, 0.2) is 5.82 Å². The van der Waals surface area contributed by atoms with Crippen LogP contribution in [0.5, 0.6) is 0 Å². The van der Waals surface area contributed by atoms with E-state index in [4.69, 9.17) is 11.6 Å². The number of benzene rings is 2. The van der Waals surface area contributed by atoms with Gasteiger partial charge >= 0.3 is 0 Å². The van der Waals surface area contributed by atoms with Crippen molar-refractivity contribution < 1.29 is 0 Å². The van der Waals surface area contributed by atoms with Crippen LogP contribution >= 0.6 is 11.6 Å². The molecule has 0 fully saturated rings. The van der Waals surface area contributed by atoms with Crippen molar-refractivity contribution in [1.82, 2.24) is 20.1 Å². The molecule has 0 amide bonds. The molecule has 4 nitrogen and oxygen atoms in total. The number of hydrogen-bond donors (Lipinski definition) is 1. The van der Waals surface area contributed by atoms with Crippen molar-refractivity contribution in [3.8, 4) is 5.69 Å². The van der Waals surface area contributed by atoms with Gasteiger partial charge in [-0.2, -0.15) is 0 Å². The van der Waals surface area contributed by atoms with Gasteiger partial charge in [-0.3, -0.25) is 4.57 Å². The Kier molecular flexibility index (Phi) is 4.33. The van der Waals surface area contributed by atoms with Gasteiger partial charge in [0.05, 0.1) is 17.1 Å². The maximum Gasteiger partial charge on any atom is 0.151 e. The van der Waals surface area contributed by atoms with Gasteiger partial charge in [0.25, 0.3) is 0 Å². The van der Waals surface area contributed by atoms with E-state index in [1.807, 2.05) is 0 Å². The second kappa shape index (κ2) is 6.87. The summed E-state index contributed by atoms with van der Waals surface area (Å²) in [5.74, 6) is 1.35. The fourth-order valence-corrected chi connectivity index (χ4v) is 4.98. The highest BCUT2D eigenvalue weighted by Gasteiger charge is 2.36. The molecule has 0 saturated heterocycles. The average molecular weight is 391 g/mol. The van der Waals surface area contributed by atoms with E-state index in [-0.39, 0.29) is 4.87 Å². The molecular weight excluding hydrogens is 368 g/mol. The molecule has 0 bridgehead atoms. The Balaban J connectivity index is 1.49. The summed E-state index contributed by atoms with van der Waals surface area (Å²) in [6.07, 6.45) is 5.89. The van der Waals surface area contributed by atoms with Gasteiger partial charge < -0.3 is 5.32 Å². The number of hydrogen-bond acceptors (Lipinski definition) is 3. The van der Waals surface area contributed by atoms with Crippen LogP contribution < -0.4 is 5.32 Å². The molecule has 1 aromatic heterocycles. The van der Waals surface area contributed by atoms with E-state index >= 15 is 0 Å². The van der Waals surface area contributed by atoms with Crippen molar-refractivity contribution in [2.75, 3.05) is 0 Å². The van der Waals surface area contributed by atoms with E-state index < -0.39 is 0 Å². The van der Waals surface area contributed by atoms with Crippen molar-refractivity contribution in [2.45, 2.75) is 37.7 Å². The number of nitrogens with one attached hydrogen (secondary N) is 1. The molecule has 1 aliphatic heterocycles. The van der Waals surface area contributed by atoms with Crippen molar-refractivity contribution in [1.29, 1.82) is 0 Å². The molecule has 0 saturated carbocycles. The standard InChI is InChI=1S/C23H23ClN4/c1-16-12-23(24,10-9-20(16)17-5-3-2-4-6-17)19-7-8-21-18(11-19)13-25-14-22-27-26-15-28(21)22/h2-9,11,15-16,25H,10,12-14H2,1H3. The van der Waals surface area contributed by atoms with Gasteiger partial charge in [-0.05, 0) is 47.1 Å². The zero-order chi connectivity index (χ0) is 19.1. The van der Waals surface area contributed by atoms with Crippen LogP contribution in [0.2, 0.25) is 0 Å². The van der Waals surface area contributed by atoms with Crippen LogP contribution in [0.3, 0.4) is 0 Å². The highest BCUT2D eigenvalue weighted by Crippen LogP contribution is 2.47. The molecule has 2 aromatic carbocycles. The molecule has 5 heteroatoms. The number of halogens is 1. The number of rotatable bonds is 2. The normalized spacial score (nSPS) is 24.1. The van der Waals surface area contributed by atoms with Gasteiger partial charge in [0, 0.05) is 6.54 Å². The predicted octanol–water partition coefficient (Wildman–Crippen LogP) is 4.82. The molecular formula is C23H23ClN4.